The minimum absolute atomic E-state index is 0.0921. The van der Waals surface area contributed by atoms with Crippen LogP contribution in [-0.4, -0.2) is 41.7 Å². The van der Waals surface area contributed by atoms with E-state index in [1.807, 2.05) is 6.92 Å². The Bertz CT molecular complexity index is 495. The highest BCUT2D eigenvalue weighted by atomic mass is 32.2. The lowest BCUT2D eigenvalue weighted by atomic mass is 10.3. The van der Waals surface area contributed by atoms with Crippen molar-refractivity contribution < 1.29 is 18.3 Å². The van der Waals surface area contributed by atoms with Crippen molar-refractivity contribution in [3.8, 4) is 0 Å². The number of nitrogens with zero attached hydrogens (tertiary/aromatic N) is 1. The standard InChI is InChI=1S/C10H15NO4S3/c1-2-4-18(14,15)5-3-16-10-11-8(7-17-10)6-9(12)13/h7H,2-6H2,1H3,(H,12,13). The number of sulfone groups is 1. The number of thioether (sulfide) groups is 1. The number of aromatic nitrogens is 1. The Morgan fingerprint density at radius 3 is 2.83 bits per heavy atom. The quantitative estimate of drug-likeness (QED) is 0.736. The maximum atomic E-state index is 11.5. The van der Waals surface area contributed by atoms with E-state index in [1.54, 1.807) is 5.38 Å². The van der Waals surface area contributed by atoms with Gasteiger partial charge in [0.05, 0.1) is 17.9 Å². The molecule has 0 aliphatic heterocycles. The van der Waals surface area contributed by atoms with Crippen LogP contribution in [0.15, 0.2) is 9.72 Å². The van der Waals surface area contributed by atoms with Gasteiger partial charge in [0.15, 0.2) is 9.84 Å². The van der Waals surface area contributed by atoms with Gasteiger partial charge in [0.25, 0.3) is 0 Å². The molecule has 0 aliphatic carbocycles. The normalized spacial score (nSPS) is 11.6. The van der Waals surface area contributed by atoms with Crippen LogP contribution in [0.1, 0.15) is 19.0 Å². The maximum Gasteiger partial charge on any atom is 0.309 e. The highest BCUT2D eigenvalue weighted by Gasteiger charge is 2.11. The van der Waals surface area contributed by atoms with E-state index in [4.69, 9.17) is 5.11 Å². The molecule has 0 unspecified atom stereocenters. The number of rotatable bonds is 8. The van der Waals surface area contributed by atoms with Gasteiger partial charge in [-0.05, 0) is 6.42 Å². The summed E-state index contributed by atoms with van der Waals surface area (Å²) in [6.45, 7) is 1.84. The molecule has 0 saturated heterocycles. The SMILES string of the molecule is CCCS(=O)(=O)CCSc1nc(CC(=O)O)cs1. The van der Waals surface area contributed by atoms with Crippen molar-refractivity contribution in [1.82, 2.24) is 4.98 Å². The third kappa shape index (κ3) is 5.83. The lowest BCUT2D eigenvalue weighted by Crippen LogP contribution is -2.12. The van der Waals surface area contributed by atoms with E-state index in [0.29, 0.717) is 17.9 Å². The van der Waals surface area contributed by atoms with Gasteiger partial charge in [0.1, 0.15) is 4.34 Å². The molecule has 0 bridgehead atoms. The molecule has 0 saturated carbocycles. The van der Waals surface area contributed by atoms with Crippen LogP contribution in [-0.2, 0) is 21.1 Å². The van der Waals surface area contributed by atoms with Crippen molar-refractivity contribution in [3.05, 3.63) is 11.1 Å². The Morgan fingerprint density at radius 1 is 1.50 bits per heavy atom. The zero-order valence-corrected chi connectivity index (χ0v) is 12.4. The first-order valence-electron chi connectivity index (χ1n) is 5.42. The van der Waals surface area contributed by atoms with Crippen molar-refractivity contribution in [2.75, 3.05) is 17.3 Å². The number of carboxylic acids is 1. The van der Waals surface area contributed by atoms with Gasteiger partial charge in [-0.2, -0.15) is 0 Å². The third-order valence-corrected chi connectivity index (χ3v) is 6.18. The molecule has 0 radical (unpaired) electrons. The molecular formula is C10H15NO4S3. The molecule has 5 nitrogen and oxygen atoms in total. The molecule has 8 heteroatoms. The first kappa shape index (κ1) is 15.5. The van der Waals surface area contributed by atoms with E-state index in [0.717, 1.165) is 4.34 Å². The lowest BCUT2D eigenvalue weighted by molar-refractivity contribution is -0.136. The molecule has 0 amide bonds. The van der Waals surface area contributed by atoms with E-state index < -0.39 is 15.8 Å². The molecule has 0 aliphatic rings. The van der Waals surface area contributed by atoms with Crippen molar-refractivity contribution in [2.45, 2.75) is 24.1 Å². The van der Waals surface area contributed by atoms with Crippen molar-refractivity contribution in [1.29, 1.82) is 0 Å². The molecule has 1 heterocycles. The van der Waals surface area contributed by atoms with Gasteiger partial charge in [-0.15, -0.1) is 11.3 Å². The lowest BCUT2D eigenvalue weighted by Gasteiger charge is -2.00. The number of carbonyl (C=O) groups is 1. The molecule has 102 valence electrons. The number of carboxylic acid groups (broad SMARTS) is 1. The first-order valence-corrected chi connectivity index (χ1v) is 9.11. The zero-order chi connectivity index (χ0) is 13.6. The second-order valence-electron chi connectivity index (χ2n) is 3.68. The fraction of sp³-hybridized carbons (Fsp3) is 0.600. The van der Waals surface area contributed by atoms with Crippen LogP contribution >= 0.6 is 23.1 Å². The van der Waals surface area contributed by atoms with Crippen LogP contribution in [0.5, 0.6) is 0 Å². The highest BCUT2D eigenvalue weighted by Crippen LogP contribution is 2.23. The summed E-state index contributed by atoms with van der Waals surface area (Å²) in [4.78, 5) is 14.6. The Balaban J connectivity index is 2.40. The summed E-state index contributed by atoms with van der Waals surface area (Å²) in [5.41, 5.74) is 0.520. The molecule has 0 fully saturated rings. The van der Waals surface area contributed by atoms with Gasteiger partial charge in [0.2, 0.25) is 0 Å². The van der Waals surface area contributed by atoms with Crippen molar-refractivity contribution in [2.24, 2.45) is 0 Å². The number of thiazole rings is 1. The van der Waals surface area contributed by atoms with Gasteiger partial charge in [-0.25, -0.2) is 13.4 Å². The van der Waals surface area contributed by atoms with E-state index >= 15 is 0 Å². The largest absolute Gasteiger partial charge is 0.481 e. The molecule has 1 aromatic rings. The summed E-state index contributed by atoms with van der Waals surface area (Å²) >= 11 is 2.71. The molecule has 0 aromatic carbocycles. The minimum atomic E-state index is -2.95. The summed E-state index contributed by atoms with van der Waals surface area (Å²) in [5.74, 6) is -0.0976. The molecule has 0 spiro atoms. The van der Waals surface area contributed by atoms with E-state index in [9.17, 15) is 13.2 Å². The predicted molar refractivity (Wildman–Crippen MR) is 73.1 cm³/mol. The Morgan fingerprint density at radius 2 is 2.22 bits per heavy atom. The highest BCUT2D eigenvalue weighted by molar-refractivity contribution is 8.02. The Kier molecular flexibility index (Phi) is 6.10. The smallest absolute Gasteiger partial charge is 0.309 e. The summed E-state index contributed by atoms with van der Waals surface area (Å²) in [6.07, 6.45) is 0.540. The number of hydrogen-bond acceptors (Lipinski definition) is 6. The zero-order valence-electron chi connectivity index (χ0n) is 9.96. The van der Waals surface area contributed by atoms with Gasteiger partial charge >= 0.3 is 5.97 Å². The number of hydrogen-bond donors (Lipinski definition) is 1. The summed E-state index contributed by atoms with van der Waals surface area (Å²) in [7, 11) is -2.95. The maximum absolute atomic E-state index is 11.5. The average Bonchev–Trinajstić information content (AvgIpc) is 2.64. The molecule has 1 N–H and O–H groups in total. The molecular weight excluding hydrogens is 294 g/mol. The number of aliphatic carboxylic acids is 1. The first-order chi connectivity index (χ1) is 8.43. The fourth-order valence-corrected chi connectivity index (χ4v) is 5.00. The monoisotopic (exact) mass is 309 g/mol. The van der Waals surface area contributed by atoms with Gasteiger partial charge in [-0.3, -0.25) is 4.79 Å². The van der Waals surface area contributed by atoms with Crippen LogP contribution < -0.4 is 0 Å². The van der Waals surface area contributed by atoms with Crippen molar-refractivity contribution in [3.63, 3.8) is 0 Å². The predicted octanol–water partition coefficient (Wildman–Crippen LogP) is 1.69. The van der Waals surface area contributed by atoms with Gasteiger partial charge in [0, 0.05) is 16.9 Å². The van der Waals surface area contributed by atoms with Crippen LogP contribution in [0.2, 0.25) is 0 Å². The molecule has 0 atom stereocenters. The van der Waals surface area contributed by atoms with E-state index in [2.05, 4.69) is 4.98 Å². The Hall–Kier alpha value is -0.600. The van der Waals surface area contributed by atoms with Crippen LogP contribution in [0.25, 0.3) is 0 Å². The average molecular weight is 309 g/mol. The fourth-order valence-electron chi connectivity index (χ4n) is 1.26. The van der Waals surface area contributed by atoms with Gasteiger partial charge in [-0.1, -0.05) is 18.7 Å². The topological polar surface area (TPSA) is 84.3 Å². The van der Waals surface area contributed by atoms with Crippen LogP contribution in [0.3, 0.4) is 0 Å². The Labute approximate surface area is 115 Å². The molecule has 18 heavy (non-hydrogen) atoms. The van der Waals surface area contributed by atoms with E-state index in [1.165, 1.54) is 23.1 Å². The van der Waals surface area contributed by atoms with Crippen LogP contribution in [0.4, 0.5) is 0 Å². The second kappa shape index (κ2) is 7.10. The third-order valence-electron chi connectivity index (χ3n) is 2.00. The van der Waals surface area contributed by atoms with Crippen LogP contribution in [0, 0.1) is 0 Å². The van der Waals surface area contributed by atoms with Gasteiger partial charge < -0.3 is 5.11 Å². The molecule has 1 rings (SSSR count). The summed E-state index contributed by atoms with van der Waals surface area (Å²) < 4.78 is 23.6. The van der Waals surface area contributed by atoms with Crippen molar-refractivity contribution >= 4 is 38.9 Å². The second-order valence-corrected chi connectivity index (χ2v) is 8.18. The summed E-state index contributed by atoms with van der Waals surface area (Å²) in [6, 6.07) is 0. The summed E-state index contributed by atoms with van der Waals surface area (Å²) in [5, 5.41) is 10.3. The molecule has 1 aromatic heterocycles. The van der Waals surface area contributed by atoms with E-state index in [-0.39, 0.29) is 17.9 Å². The minimum Gasteiger partial charge on any atom is -0.481 e.